The summed E-state index contributed by atoms with van der Waals surface area (Å²) in [6, 6.07) is 3.59. The summed E-state index contributed by atoms with van der Waals surface area (Å²) in [7, 11) is -4.18. The molecule has 0 amide bonds. The molecule has 0 heterocycles. The van der Waals surface area contributed by atoms with Gasteiger partial charge in [0.2, 0.25) is 5.52 Å². The van der Waals surface area contributed by atoms with Crippen molar-refractivity contribution in [1.29, 1.82) is 0 Å². The fourth-order valence-corrected chi connectivity index (χ4v) is 2.59. The van der Waals surface area contributed by atoms with Crippen molar-refractivity contribution in [2.24, 2.45) is 0 Å². The van der Waals surface area contributed by atoms with Crippen LogP contribution in [0.25, 0.3) is 0 Å². The molecule has 17 heavy (non-hydrogen) atoms. The van der Waals surface area contributed by atoms with E-state index in [1.807, 2.05) is 6.92 Å². The molecule has 0 spiro atoms. The Balaban J connectivity index is 0.00000256. The van der Waals surface area contributed by atoms with Gasteiger partial charge in [-0.15, -0.1) is 0 Å². The molecule has 0 saturated carbocycles. The van der Waals surface area contributed by atoms with Crippen LogP contribution in [0.2, 0.25) is 0 Å². The van der Waals surface area contributed by atoms with Gasteiger partial charge in [-0.3, -0.25) is 4.79 Å². The van der Waals surface area contributed by atoms with Crippen LogP contribution in [-0.4, -0.2) is 5.52 Å². The topological polar surface area (TPSA) is 57.2 Å². The molecule has 0 radical (unpaired) electrons. The van der Waals surface area contributed by atoms with Crippen LogP contribution in [0, 0.1) is 20.8 Å². The molecule has 1 atom stereocenters. The molecule has 0 aliphatic heterocycles. The molecule has 3 nitrogen and oxygen atoms in total. The fourth-order valence-electron chi connectivity index (χ4n) is 1.76. The molecule has 86 valence electrons. The van der Waals surface area contributed by atoms with E-state index in [4.69, 9.17) is 0 Å². The van der Waals surface area contributed by atoms with Gasteiger partial charge < -0.3 is 9.46 Å². The van der Waals surface area contributed by atoms with Gasteiger partial charge in [-0.25, -0.2) is 0 Å². The minimum absolute atomic E-state index is 0. The monoisotopic (exact) mass is 260 g/mol. The Labute approximate surface area is 124 Å². The van der Waals surface area contributed by atoms with Crippen molar-refractivity contribution in [2.45, 2.75) is 20.8 Å². The maximum atomic E-state index is 11.8. The van der Waals surface area contributed by atoms with Crippen molar-refractivity contribution in [3.8, 4) is 0 Å². The van der Waals surface area contributed by atoms with Crippen LogP contribution in [0.5, 0.6) is 0 Å². The zero-order chi connectivity index (χ0) is 12.5. The van der Waals surface area contributed by atoms with E-state index in [1.54, 1.807) is 26.0 Å². The third-order valence-corrected chi connectivity index (χ3v) is 3.68. The molecule has 0 fully saturated rings. The predicted octanol–water partition coefficient (Wildman–Crippen LogP) is -0.462. The standard InChI is InChI=1S/C12H15O3P.Na/c1-5-16(14,15)12(13)11-9(3)6-8(2)7-10(11)4;/h5-7H,1H2,2-4H3,(H,14,15);/q;+1/p-1. The molecule has 0 aromatic heterocycles. The quantitative estimate of drug-likeness (QED) is 0.546. The average Bonchev–Trinajstić information content (AvgIpc) is 2.15. The van der Waals surface area contributed by atoms with E-state index in [1.165, 1.54) is 0 Å². The SMILES string of the molecule is C=CP(=O)([O-])C(=O)c1c(C)cc(C)cc1C.[Na+]. The molecular formula is C12H14NaO3P. The number of hydrogen-bond acceptors (Lipinski definition) is 3. The van der Waals surface area contributed by atoms with Gasteiger partial charge in [-0.05, 0) is 37.7 Å². The first-order valence-electron chi connectivity index (χ1n) is 4.86. The molecule has 0 aliphatic carbocycles. The zero-order valence-corrected chi connectivity index (χ0v) is 13.5. The predicted molar refractivity (Wildman–Crippen MR) is 62.8 cm³/mol. The first-order chi connectivity index (χ1) is 7.29. The van der Waals surface area contributed by atoms with Gasteiger partial charge in [-0.2, -0.15) is 0 Å². The van der Waals surface area contributed by atoms with Crippen molar-refractivity contribution < 1.29 is 43.8 Å². The van der Waals surface area contributed by atoms with Crippen molar-refractivity contribution in [2.75, 3.05) is 0 Å². The van der Waals surface area contributed by atoms with E-state index in [0.717, 1.165) is 5.56 Å². The summed E-state index contributed by atoms with van der Waals surface area (Å²) in [5, 5.41) is 0. The minimum Gasteiger partial charge on any atom is -0.791 e. The number of carbonyl (C=O) groups is 1. The summed E-state index contributed by atoms with van der Waals surface area (Å²) in [4.78, 5) is 23.3. The van der Waals surface area contributed by atoms with Crippen molar-refractivity contribution in [1.82, 2.24) is 0 Å². The van der Waals surface area contributed by atoms with Crippen LogP contribution in [0.15, 0.2) is 24.5 Å². The van der Waals surface area contributed by atoms with Gasteiger partial charge >= 0.3 is 29.6 Å². The van der Waals surface area contributed by atoms with E-state index in [-0.39, 0.29) is 35.1 Å². The van der Waals surface area contributed by atoms with Crippen LogP contribution in [0.3, 0.4) is 0 Å². The smallest absolute Gasteiger partial charge is 0.791 e. The molecule has 5 heteroatoms. The van der Waals surface area contributed by atoms with Gasteiger partial charge in [-0.1, -0.05) is 24.3 Å². The Morgan fingerprint density at radius 3 is 2.06 bits per heavy atom. The molecular weight excluding hydrogens is 246 g/mol. The summed E-state index contributed by atoms with van der Waals surface area (Å²) in [5.74, 6) is 0.716. The summed E-state index contributed by atoms with van der Waals surface area (Å²) in [6.45, 7) is 8.53. The second-order valence-electron chi connectivity index (χ2n) is 3.86. The van der Waals surface area contributed by atoms with Crippen LogP contribution < -0.4 is 34.5 Å². The third-order valence-electron chi connectivity index (χ3n) is 2.41. The Bertz CT molecular complexity index is 485. The summed E-state index contributed by atoms with van der Waals surface area (Å²) < 4.78 is 11.4. The maximum absolute atomic E-state index is 11.8. The first kappa shape index (κ1) is 16.8. The van der Waals surface area contributed by atoms with Gasteiger partial charge in [0.05, 0.1) is 0 Å². The van der Waals surface area contributed by atoms with Crippen LogP contribution in [0.4, 0.5) is 0 Å². The Hall–Kier alpha value is -0.180. The van der Waals surface area contributed by atoms with E-state index in [2.05, 4.69) is 6.58 Å². The maximum Gasteiger partial charge on any atom is 1.00 e. The van der Waals surface area contributed by atoms with E-state index >= 15 is 0 Å². The van der Waals surface area contributed by atoms with Crippen LogP contribution in [-0.2, 0) is 4.57 Å². The number of rotatable bonds is 3. The van der Waals surface area contributed by atoms with Crippen molar-refractivity contribution in [3.63, 3.8) is 0 Å². The van der Waals surface area contributed by atoms with Gasteiger partial charge in [0, 0.05) is 5.56 Å². The Morgan fingerprint density at radius 2 is 1.71 bits per heavy atom. The number of benzene rings is 1. The molecule has 0 aliphatic rings. The van der Waals surface area contributed by atoms with Crippen LogP contribution in [0.1, 0.15) is 27.0 Å². The summed E-state index contributed by atoms with van der Waals surface area (Å²) >= 11 is 0. The molecule has 1 unspecified atom stereocenters. The van der Waals surface area contributed by atoms with Gasteiger partial charge in [0.15, 0.2) is 0 Å². The van der Waals surface area contributed by atoms with E-state index < -0.39 is 12.9 Å². The molecule has 0 saturated heterocycles. The molecule has 0 bridgehead atoms. The normalized spacial score (nSPS) is 13.4. The molecule has 0 N–H and O–H groups in total. The van der Waals surface area contributed by atoms with Crippen molar-refractivity contribution in [3.05, 3.63) is 46.8 Å². The van der Waals surface area contributed by atoms with E-state index in [9.17, 15) is 14.3 Å². The Kier molecular flexibility index (Phi) is 6.06. The minimum atomic E-state index is -4.18. The zero-order valence-electron chi connectivity index (χ0n) is 10.6. The summed E-state index contributed by atoms with van der Waals surface area (Å²) in [5.41, 5.74) is 1.79. The molecule has 1 aromatic carbocycles. The number of aryl methyl sites for hydroxylation is 3. The van der Waals surface area contributed by atoms with Crippen molar-refractivity contribution >= 4 is 12.9 Å². The molecule has 1 aromatic rings. The second-order valence-corrected chi connectivity index (χ2v) is 5.82. The first-order valence-corrected chi connectivity index (χ1v) is 6.56. The van der Waals surface area contributed by atoms with Crippen LogP contribution >= 0.6 is 7.37 Å². The fraction of sp³-hybridized carbons (Fsp3) is 0.250. The molecule has 1 rings (SSSR count). The number of carbonyl (C=O) groups excluding carboxylic acids is 1. The van der Waals surface area contributed by atoms with E-state index in [0.29, 0.717) is 16.9 Å². The largest absolute Gasteiger partial charge is 1.00 e. The average molecular weight is 260 g/mol. The Morgan fingerprint density at radius 1 is 1.29 bits per heavy atom. The van der Waals surface area contributed by atoms with Gasteiger partial charge in [0.1, 0.15) is 7.37 Å². The summed E-state index contributed by atoms with van der Waals surface area (Å²) in [6.07, 6.45) is 0. The number of hydrogen-bond donors (Lipinski definition) is 0. The third kappa shape index (κ3) is 3.64. The second kappa shape index (κ2) is 6.12. The van der Waals surface area contributed by atoms with Gasteiger partial charge in [0.25, 0.3) is 0 Å².